The largest absolute Gasteiger partial charge is 0.425 e. The lowest BCUT2D eigenvalue weighted by Gasteiger charge is -2.16. The molecule has 0 aliphatic rings. The lowest BCUT2D eigenvalue weighted by molar-refractivity contribution is -0.344. The molecular formula is C12H16O4. The second-order valence-corrected chi connectivity index (χ2v) is 4.25. The summed E-state index contributed by atoms with van der Waals surface area (Å²) in [5, 5.41) is 0. The van der Waals surface area contributed by atoms with Gasteiger partial charge in [-0.15, -0.1) is 0 Å². The SMILES string of the molecule is CC(C)(C)OOCC(=O)Oc1ccccc1. The molecule has 4 heteroatoms. The van der Waals surface area contributed by atoms with Crippen LogP contribution in [0.25, 0.3) is 0 Å². The first-order valence-electron chi connectivity index (χ1n) is 5.04. The van der Waals surface area contributed by atoms with Crippen LogP contribution in [0, 0.1) is 0 Å². The van der Waals surface area contributed by atoms with Crippen LogP contribution in [0.3, 0.4) is 0 Å². The minimum atomic E-state index is -0.490. The summed E-state index contributed by atoms with van der Waals surface area (Å²) in [4.78, 5) is 21.0. The molecule has 0 saturated heterocycles. The first kappa shape index (κ1) is 12.7. The van der Waals surface area contributed by atoms with E-state index in [1.165, 1.54) is 0 Å². The molecule has 0 aromatic heterocycles. The summed E-state index contributed by atoms with van der Waals surface area (Å²) in [7, 11) is 0. The molecule has 0 unspecified atom stereocenters. The Morgan fingerprint density at radius 1 is 1.19 bits per heavy atom. The summed E-state index contributed by atoms with van der Waals surface area (Å²) in [5.41, 5.74) is -0.437. The molecule has 0 heterocycles. The molecule has 0 spiro atoms. The van der Waals surface area contributed by atoms with E-state index in [9.17, 15) is 4.79 Å². The van der Waals surface area contributed by atoms with Gasteiger partial charge in [0.25, 0.3) is 0 Å². The van der Waals surface area contributed by atoms with E-state index in [1.54, 1.807) is 24.3 Å². The van der Waals surface area contributed by atoms with E-state index in [0.717, 1.165) is 0 Å². The second kappa shape index (κ2) is 5.63. The molecule has 0 atom stereocenters. The Balaban J connectivity index is 2.27. The zero-order valence-corrected chi connectivity index (χ0v) is 9.73. The topological polar surface area (TPSA) is 44.8 Å². The van der Waals surface area contributed by atoms with Crippen LogP contribution in [0.4, 0.5) is 0 Å². The number of carbonyl (C=O) groups is 1. The smallest absolute Gasteiger partial charge is 0.340 e. The van der Waals surface area contributed by atoms with Crippen molar-refractivity contribution in [1.82, 2.24) is 0 Å². The lowest BCUT2D eigenvalue weighted by atomic mass is 10.2. The second-order valence-electron chi connectivity index (χ2n) is 4.25. The van der Waals surface area contributed by atoms with Gasteiger partial charge >= 0.3 is 5.97 Å². The van der Waals surface area contributed by atoms with Gasteiger partial charge in [-0.25, -0.2) is 14.6 Å². The number of benzene rings is 1. The maximum Gasteiger partial charge on any atom is 0.340 e. The van der Waals surface area contributed by atoms with Gasteiger partial charge in [0, 0.05) is 0 Å². The van der Waals surface area contributed by atoms with E-state index in [4.69, 9.17) is 14.5 Å². The van der Waals surface area contributed by atoms with Crippen LogP contribution in [0.1, 0.15) is 20.8 Å². The Morgan fingerprint density at radius 2 is 1.81 bits per heavy atom. The van der Waals surface area contributed by atoms with Crippen molar-refractivity contribution in [2.45, 2.75) is 26.4 Å². The number of hydrogen-bond acceptors (Lipinski definition) is 4. The summed E-state index contributed by atoms with van der Waals surface area (Å²) in [6.45, 7) is 5.26. The van der Waals surface area contributed by atoms with Gasteiger partial charge in [-0.05, 0) is 32.9 Å². The van der Waals surface area contributed by atoms with Gasteiger partial charge in [-0.1, -0.05) is 18.2 Å². The van der Waals surface area contributed by atoms with Crippen LogP contribution >= 0.6 is 0 Å². The molecule has 0 N–H and O–H groups in total. The van der Waals surface area contributed by atoms with Crippen LogP contribution in [0.5, 0.6) is 5.75 Å². The third kappa shape index (κ3) is 5.48. The normalized spacial score (nSPS) is 11.2. The molecule has 0 aliphatic heterocycles. The molecule has 0 fully saturated rings. The first-order valence-corrected chi connectivity index (χ1v) is 5.04. The van der Waals surface area contributed by atoms with Crippen LogP contribution in [-0.4, -0.2) is 18.2 Å². The van der Waals surface area contributed by atoms with Crippen LogP contribution in [0.2, 0.25) is 0 Å². The molecule has 1 aromatic carbocycles. The Hall–Kier alpha value is -1.39. The average Bonchev–Trinajstić information content (AvgIpc) is 2.17. The van der Waals surface area contributed by atoms with E-state index in [-0.39, 0.29) is 6.61 Å². The van der Waals surface area contributed by atoms with E-state index in [2.05, 4.69) is 0 Å². The van der Waals surface area contributed by atoms with Gasteiger partial charge in [0.2, 0.25) is 0 Å². The first-order chi connectivity index (χ1) is 7.47. The maximum absolute atomic E-state index is 11.3. The third-order valence-corrected chi connectivity index (χ3v) is 1.46. The van der Waals surface area contributed by atoms with Crippen molar-refractivity contribution in [2.24, 2.45) is 0 Å². The number of hydrogen-bond donors (Lipinski definition) is 0. The maximum atomic E-state index is 11.3. The van der Waals surface area contributed by atoms with Crippen molar-refractivity contribution in [3.8, 4) is 5.75 Å². The molecule has 0 saturated carbocycles. The Bertz CT molecular complexity index is 327. The molecule has 0 amide bonds. The van der Waals surface area contributed by atoms with Gasteiger partial charge in [0.1, 0.15) is 5.75 Å². The minimum absolute atomic E-state index is 0.230. The van der Waals surface area contributed by atoms with Crippen molar-refractivity contribution in [3.05, 3.63) is 30.3 Å². The molecule has 0 radical (unpaired) electrons. The standard InChI is InChI=1S/C12H16O4/c1-12(2,3)16-14-9-11(13)15-10-7-5-4-6-8-10/h4-8H,9H2,1-3H3. The number of para-hydroxylation sites is 1. The van der Waals surface area contributed by atoms with E-state index >= 15 is 0 Å². The highest BCUT2D eigenvalue weighted by molar-refractivity contribution is 5.73. The van der Waals surface area contributed by atoms with Crippen molar-refractivity contribution in [2.75, 3.05) is 6.61 Å². The fraction of sp³-hybridized carbons (Fsp3) is 0.417. The van der Waals surface area contributed by atoms with Crippen LogP contribution < -0.4 is 4.74 Å². The zero-order valence-electron chi connectivity index (χ0n) is 9.73. The molecule has 1 rings (SSSR count). The highest BCUT2D eigenvalue weighted by Crippen LogP contribution is 2.09. The third-order valence-electron chi connectivity index (χ3n) is 1.46. The monoisotopic (exact) mass is 224 g/mol. The summed E-state index contributed by atoms with van der Waals surface area (Å²) in [5.74, 6) is 0.00214. The Kier molecular flexibility index (Phi) is 4.46. The van der Waals surface area contributed by atoms with Crippen molar-refractivity contribution in [3.63, 3.8) is 0 Å². The van der Waals surface area contributed by atoms with Gasteiger partial charge < -0.3 is 4.74 Å². The van der Waals surface area contributed by atoms with Crippen molar-refractivity contribution >= 4 is 5.97 Å². The van der Waals surface area contributed by atoms with Gasteiger partial charge in [0.15, 0.2) is 6.61 Å². The predicted molar refractivity (Wildman–Crippen MR) is 58.9 cm³/mol. The fourth-order valence-electron chi connectivity index (χ4n) is 0.904. The molecule has 1 aromatic rings. The molecular weight excluding hydrogens is 208 g/mol. The average molecular weight is 224 g/mol. The molecule has 0 aliphatic carbocycles. The van der Waals surface area contributed by atoms with Crippen molar-refractivity contribution in [1.29, 1.82) is 0 Å². The van der Waals surface area contributed by atoms with E-state index in [0.29, 0.717) is 5.75 Å². The highest BCUT2D eigenvalue weighted by Gasteiger charge is 2.13. The van der Waals surface area contributed by atoms with Gasteiger partial charge in [0.05, 0.1) is 5.60 Å². The molecule has 88 valence electrons. The molecule has 16 heavy (non-hydrogen) atoms. The number of carbonyl (C=O) groups excluding carboxylic acids is 1. The summed E-state index contributed by atoms with van der Waals surface area (Å²) in [6.07, 6.45) is 0. The number of rotatable bonds is 4. The van der Waals surface area contributed by atoms with Gasteiger partial charge in [-0.3, -0.25) is 0 Å². The Morgan fingerprint density at radius 3 is 2.38 bits per heavy atom. The highest BCUT2D eigenvalue weighted by atomic mass is 17.2. The molecule has 4 nitrogen and oxygen atoms in total. The summed E-state index contributed by atoms with van der Waals surface area (Å²) < 4.78 is 4.99. The lowest BCUT2D eigenvalue weighted by Crippen LogP contribution is -2.23. The molecule has 0 bridgehead atoms. The number of esters is 1. The van der Waals surface area contributed by atoms with E-state index < -0.39 is 11.6 Å². The minimum Gasteiger partial charge on any atom is -0.425 e. The van der Waals surface area contributed by atoms with Crippen LogP contribution in [0.15, 0.2) is 30.3 Å². The van der Waals surface area contributed by atoms with Gasteiger partial charge in [-0.2, -0.15) is 0 Å². The zero-order chi connectivity index (χ0) is 12.0. The quantitative estimate of drug-likeness (QED) is 0.341. The number of ether oxygens (including phenoxy) is 1. The van der Waals surface area contributed by atoms with E-state index in [1.807, 2.05) is 26.8 Å². The Labute approximate surface area is 95.1 Å². The summed E-state index contributed by atoms with van der Waals surface area (Å²) >= 11 is 0. The van der Waals surface area contributed by atoms with Crippen LogP contribution in [-0.2, 0) is 14.6 Å². The fourth-order valence-corrected chi connectivity index (χ4v) is 0.904. The summed E-state index contributed by atoms with van der Waals surface area (Å²) in [6, 6.07) is 8.81. The van der Waals surface area contributed by atoms with Crippen molar-refractivity contribution < 1.29 is 19.3 Å². The predicted octanol–water partition coefficient (Wildman–Crippen LogP) is 2.34.